The summed E-state index contributed by atoms with van der Waals surface area (Å²) in [5.41, 5.74) is 1.15. The largest absolute Gasteiger partial charge is 0.342 e. The molecule has 0 spiro atoms. The topological polar surface area (TPSA) is 51.2 Å². The molecule has 1 atom stereocenters. The number of fused-ring (bicyclic) bond motifs is 1. The van der Waals surface area contributed by atoms with E-state index in [1.165, 1.54) is 12.8 Å². The van der Waals surface area contributed by atoms with Gasteiger partial charge >= 0.3 is 0 Å². The first kappa shape index (κ1) is 14.7. The van der Waals surface area contributed by atoms with Crippen LogP contribution in [0, 0.1) is 0 Å². The quantitative estimate of drug-likeness (QED) is 0.741. The van der Waals surface area contributed by atoms with Crippen LogP contribution in [-0.2, 0) is 12.0 Å². The lowest BCUT2D eigenvalue weighted by molar-refractivity contribution is 0.508. The summed E-state index contributed by atoms with van der Waals surface area (Å²) in [6.45, 7) is 8.53. The fourth-order valence-corrected chi connectivity index (χ4v) is 4.05. The van der Waals surface area contributed by atoms with Gasteiger partial charge in [-0.1, -0.05) is 32.1 Å². The summed E-state index contributed by atoms with van der Waals surface area (Å²) in [4.78, 5) is 8.15. The summed E-state index contributed by atoms with van der Waals surface area (Å²) in [6.07, 6.45) is 8.33. The average molecular weight is 330 g/mol. The fourth-order valence-electron chi connectivity index (χ4n) is 3.07. The molecule has 1 aliphatic rings. The molecule has 0 aliphatic carbocycles. The molecular weight excluding hydrogens is 308 g/mol. The number of hydrogen-bond donors (Lipinski definition) is 0. The van der Waals surface area contributed by atoms with Gasteiger partial charge in [0.05, 0.1) is 24.5 Å². The maximum absolute atomic E-state index is 4.78. The number of aromatic nitrogens is 5. The normalized spacial score (nSPS) is 19.1. The van der Waals surface area contributed by atoms with Gasteiger partial charge in [-0.15, -0.1) is 5.10 Å². The van der Waals surface area contributed by atoms with E-state index >= 15 is 0 Å². The van der Waals surface area contributed by atoms with Crippen LogP contribution in [0.5, 0.6) is 0 Å². The van der Waals surface area contributed by atoms with Crippen molar-refractivity contribution in [3.8, 4) is 0 Å². The molecule has 23 heavy (non-hydrogen) atoms. The predicted octanol–water partition coefficient (Wildman–Crippen LogP) is 2.95. The van der Waals surface area contributed by atoms with E-state index in [0.717, 1.165) is 28.9 Å². The third kappa shape index (κ3) is 2.73. The van der Waals surface area contributed by atoms with E-state index in [1.54, 1.807) is 11.3 Å². The second kappa shape index (κ2) is 5.33. The lowest BCUT2D eigenvalue weighted by atomic mass is 9.93. The van der Waals surface area contributed by atoms with Gasteiger partial charge in [-0.05, 0) is 18.9 Å². The molecule has 4 heterocycles. The molecule has 1 aliphatic heterocycles. The molecule has 0 N–H and O–H groups in total. The third-order valence-electron chi connectivity index (χ3n) is 4.38. The second-order valence-electron chi connectivity index (χ2n) is 7.21. The maximum atomic E-state index is 4.78. The number of imidazole rings is 1. The Bertz CT molecular complexity index is 763. The van der Waals surface area contributed by atoms with Crippen molar-refractivity contribution in [2.24, 2.45) is 0 Å². The van der Waals surface area contributed by atoms with E-state index in [1.807, 2.05) is 27.7 Å². The zero-order valence-electron chi connectivity index (χ0n) is 13.8. The van der Waals surface area contributed by atoms with Gasteiger partial charge in [0.25, 0.3) is 0 Å². The van der Waals surface area contributed by atoms with Crippen LogP contribution in [-0.4, -0.2) is 37.0 Å². The van der Waals surface area contributed by atoms with Crippen LogP contribution in [0.4, 0.5) is 5.13 Å². The molecule has 6 nitrogen and oxygen atoms in total. The highest BCUT2D eigenvalue weighted by Crippen LogP contribution is 2.32. The summed E-state index contributed by atoms with van der Waals surface area (Å²) in [5.74, 6) is 0. The summed E-state index contributed by atoms with van der Waals surface area (Å²) in [5, 5.41) is 10.2. The third-order valence-corrected chi connectivity index (χ3v) is 5.34. The molecule has 0 saturated carbocycles. The summed E-state index contributed by atoms with van der Waals surface area (Å²) in [6, 6.07) is 2.44. The molecule has 122 valence electrons. The van der Waals surface area contributed by atoms with Crippen molar-refractivity contribution in [2.75, 3.05) is 11.4 Å². The molecule has 0 radical (unpaired) electrons. The molecule has 4 rings (SSSR count). The van der Waals surface area contributed by atoms with Gasteiger partial charge in [-0.25, -0.2) is 9.50 Å². The minimum Gasteiger partial charge on any atom is -0.342 e. The van der Waals surface area contributed by atoms with E-state index in [0.29, 0.717) is 6.04 Å². The zero-order chi connectivity index (χ0) is 16.0. The molecular formula is C16H22N6S. The van der Waals surface area contributed by atoms with Crippen LogP contribution in [0.2, 0.25) is 0 Å². The SMILES string of the molecule is CC(C)(C)c1cn2nc(N3CCC[C@H]3Cn3cccn3)sc2n1. The maximum Gasteiger partial charge on any atom is 0.214 e. The minimum atomic E-state index is 0.0594. The molecule has 3 aromatic rings. The molecule has 1 saturated heterocycles. The molecule has 0 bridgehead atoms. The van der Waals surface area contributed by atoms with E-state index in [4.69, 9.17) is 10.1 Å². The van der Waals surface area contributed by atoms with E-state index in [2.05, 4.69) is 37.0 Å². The highest BCUT2D eigenvalue weighted by atomic mass is 32.1. The van der Waals surface area contributed by atoms with Crippen LogP contribution in [0.25, 0.3) is 4.96 Å². The first-order valence-electron chi connectivity index (χ1n) is 8.11. The molecule has 0 aromatic carbocycles. The Morgan fingerprint density at radius 2 is 2.22 bits per heavy atom. The Kier molecular flexibility index (Phi) is 3.41. The summed E-state index contributed by atoms with van der Waals surface area (Å²) >= 11 is 1.68. The van der Waals surface area contributed by atoms with Crippen LogP contribution < -0.4 is 4.90 Å². The van der Waals surface area contributed by atoms with Gasteiger partial charge in [-0.3, -0.25) is 4.68 Å². The van der Waals surface area contributed by atoms with Gasteiger partial charge in [0.2, 0.25) is 10.1 Å². The van der Waals surface area contributed by atoms with Crippen molar-refractivity contribution >= 4 is 21.4 Å². The van der Waals surface area contributed by atoms with Crippen LogP contribution in [0.1, 0.15) is 39.3 Å². The summed E-state index contributed by atoms with van der Waals surface area (Å²) in [7, 11) is 0. The van der Waals surface area contributed by atoms with Crippen molar-refractivity contribution in [3.05, 3.63) is 30.4 Å². The lowest BCUT2D eigenvalue weighted by Gasteiger charge is -2.23. The van der Waals surface area contributed by atoms with Crippen LogP contribution in [0.15, 0.2) is 24.7 Å². The molecule has 3 aromatic heterocycles. The average Bonchev–Trinajstić information content (AvgIpc) is 3.20. The lowest BCUT2D eigenvalue weighted by Crippen LogP contribution is -2.33. The van der Waals surface area contributed by atoms with Crippen molar-refractivity contribution in [2.45, 2.75) is 51.6 Å². The van der Waals surface area contributed by atoms with Gasteiger partial charge < -0.3 is 4.90 Å². The number of rotatable bonds is 3. The fraction of sp³-hybridized carbons (Fsp3) is 0.562. The van der Waals surface area contributed by atoms with Gasteiger partial charge in [0, 0.05) is 24.4 Å². The van der Waals surface area contributed by atoms with E-state index in [9.17, 15) is 0 Å². The standard InChI is InChI=1S/C16H22N6S/c1-16(2,3)13-11-22-14(18-13)23-15(19-22)21-9-4-6-12(21)10-20-8-5-7-17-20/h5,7-8,11-12H,4,6,9-10H2,1-3H3/t12-/m0/s1. The zero-order valence-corrected chi connectivity index (χ0v) is 14.6. The van der Waals surface area contributed by atoms with Crippen LogP contribution in [0.3, 0.4) is 0 Å². The monoisotopic (exact) mass is 330 g/mol. The number of hydrogen-bond acceptors (Lipinski definition) is 5. The summed E-state index contributed by atoms with van der Waals surface area (Å²) < 4.78 is 3.95. The first-order valence-corrected chi connectivity index (χ1v) is 8.93. The second-order valence-corrected chi connectivity index (χ2v) is 8.14. The Balaban J connectivity index is 1.59. The molecule has 7 heteroatoms. The van der Waals surface area contributed by atoms with Crippen molar-refractivity contribution < 1.29 is 0 Å². The van der Waals surface area contributed by atoms with Gasteiger partial charge in [-0.2, -0.15) is 5.10 Å². The van der Waals surface area contributed by atoms with Gasteiger partial charge in [0.1, 0.15) is 0 Å². The molecule has 0 amide bonds. The Labute approximate surface area is 139 Å². The van der Waals surface area contributed by atoms with E-state index < -0.39 is 0 Å². The van der Waals surface area contributed by atoms with Gasteiger partial charge in [0.15, 0.2) is 0 Å². The highest BCUT2D eigenvalue weighted by molar-refractivity contribution is 7.20. The number of nitrogens with zero attached hydrogens (tertiary/aromatic N) is 6. The Hall–Kier alpha value is -1.89. The van der Waals surface area contributed by atoms with E-state index in [-0.39, 0.29) is 5.41 Å². The number of anilines is 1. The molecule has 1 fully saturated rings. The molecule has 0 unspecified atom stereocenters. The van der Waals surface area contributed by atoms with Crippen LogP contribution >= 0.6 is 11.3 Å². The first-order chi connectivity index (χ1) is 11.0. The Morgan fingerprint density at radius 1 is 1.35 bits per heavy atom. The van der Waals surface area contributed by atoms with Crippen molar-refractivity contribution in [1.29, 1.82) is 0 Å². The van der Waals surface area contributed by atoms with Crippen molar-refractivity contribution in [3.63, 3.8) is 0 Å². The highest BCUT2D eigenvalue weighted by Gasteiger charge is 2.28. The van der Waals surface area contributed by atoms with Crippen molar-refractivity contribution in [1.82, 2.24) is 24.4 Å². The Morgan fingerprint density at radius 3 is 2.91 bits per heavy atom. The smallest absolute Gasteiger partial charge is 0.214 e. The minimum absolute atomic E-state index is 0.0594. The predicted molar refractivity (Wildman–Crippen MR) is 92.2 cm³/mol.